The lowest BCUT2D eigenvalue weighted by Gasteiger charge is -2.16. The summed E-state index contributed by atoms with van der Waals surface area (Å²) < 4.78 is 2.12. The molecular weight excluding hydrogens is 334 g/mol. The highest BCUT2D eigenvalue weighted by Crippen LogP contribution is 2.26. The van der Waals surface area contributed by atoms with Crippen LogP contribution in [0.3, 0.4) is 0 Å². The molecule has 4 aromatic rings. The van der Waals surface area contributed by atoms with E-state index in [1.165, 1.54) is 0 Å². The van der Waals surface area contributed by atoms with Crippen molar-refractivity contribution in [1.82, 2.24) is 19.7 Å². The molecule has 1 unspecified atom stereocenters. The van der Waals surface area contributed by atoms with Crippen molar-refractivity contribution in [2.24, 2.45) is 0 Å². The lowest BCUT2D eigenvalue weighted by Crippen LogP contribution is -2.32. The number of fused-ring (bicyclic) bond motifs is 1. The summed E-state index contributed by atoms with van der Waals surface area (Å²) in [6.07, 6.45) is 7.87. The molecule has 1 atom stereocenters. The standard InChI is InChI=1S/C22H23N5/c1-3-24-16(2)26-20-8-4-6-18(12-20)21-15-25-22-13-17(9-11-27(21)22)19-7-5-10-23-14-19/h4-16,24,26H,3H2,1-2H3. The summed E-state index contributed by atoms with van der Waals surface area (Å²) in [5.74, 6) is 0. The molecule has 0 aliphatic rings. The van der Waals surface area contributed by atoms with E-state index in [0.29, 0.717) is 0 Å². The highest BCUT2D eigenvalue weighted by Gasteiger charge is 2.09. The van der Waals surface area contributed by atoms with Gasteiger partial charge in [-0.3, -0.25) is 14.7 Å². The van der Waals surface area contributed by atoms with Gasteiger partial charge in [0, 0.05) is 35.4 Å². The Morgan fingerprint density at radius 3 is 2.70 bits per heavy atom. The smallest absolute Gasteiger partial charge is 0.137 e. The Hall–Kier alpha value is -3.18. The third kappa shape index (κ3) is 3.68. The van der Waals surface area contributed by atoms with E-state index in [4.69, 9.17) is 0 Å². The molecule has 0 saturated carbocycles. The number of aromatic nitrogens is 3. The van der Waals surface area contributed by atoms with Gasteiger partial charge in [-0.2, -0.15) is 0 Å². The lowest BCUT2D eigenvalue weighted by atomic mass is 10.1. The summed E-state index contributed by atoms with van der Waals surface area (Å²) in [4.78, 5) is 8.81. The quantitative estimate of drug-likeness (QED) is 0.501. The van der Waals surface area contributed by atoms with Gasteiger partial charge < -0.3 is 5.32 Å². The van der Waals surface area contributed by atoms with Crippen molar-refractivity contribution < 1.29 is 0 Å². The molecule has 0 saturated heterocycles. The number of nitrogens with one attached hydrogen (secondary N) is 2. The van der Waals surface area contributed by atoms with Crippen LogP contribution in [-0.4, -0.2) is 27.1 Å². The average Bonchev–Trinajstić information content (AvgIpc) is 3.12. The summed E-state index contributed by atoms with van der Waals surface area (Å²) in [6, 6.07) is 16.6. The van der Waals surface area contributed by atoms with Gasteiger partial charge in [0.2, 0.25) is 0 Å². The van der Waals surface area contributed by atoms with Gasteiger partial charge in [0.25, 0.3) is 0 Å². The molecule has 1 aromatic carbocycles. The minimum atomic E-state index is 0.217. The van der Waals surface area contributed by atoms with Crippen LogP contribution in [0, 0.1) is 0 Å². The zero-order valence-electron chi connectivity index (χ0n) is 15.6. The van der Waals surface area contributed by atoms with E-state index in [9.17, 15) is 0 Å². The molecule has 0 bridgehead atoms. The van der Waals surface area contributed by atoms with E-state index in [1.54, 1.807) is 6.20 Å². The normalized spacial score (nSPS) is 12.2. The van der Waals surface area contributed by atoms with Crippen LogP contribution in [0.1, 0.15) is 13.8 Å². The van der Waals surface area contributed by atoms with Gasteiger partial charge >= 0.3 is 0 Å². The van der Waals surface area contributed by atoms with E-state index in [0.717, 1.165) is 40.3 Å². The predicted octanol–water partition coefficient (Wildman–Crippen LogP) is 4.43. The molecule has 27 heavy (non-hydrogen) atoms. The van der Waals surface area contributed by atoms with Gasteiger partial charge in [0.15, 0.2) is 0 Å². The molecule has 0 amide bonds. The van der Waals surface area contributed by atoms with E-state index < -0.39 is 0 Å². The number of hydrogen-bond acceptors (Lipinski definition) is 4. The number of anilines is 1. The maximum atomic E-state index is 4.61. The Morgan fingerprint density at radius 1 is 1.00 bits per heavy atom. The van der Waals surface area contributed by atoms with Crippen LogP contribution in [0.5, 0.6) is 0 Å². The van der Waals surface area contributed by atoms with Crippen LogP contribution in [0.15, 0.2) is 73.3 Å². The van der Waals surface area contributed by atoms with Gasteiger partial charge in [-0.25, -0.2) is 4.98 Å². The number of rotatable bonds is 6. The number of imidazole rings is 1. The molecule has 0 aliphatic carbocycles. The molecule has 3 aromatic heterocycles. The summed E-state index contributed by atoms with van der Waals surface area (Å²) in [7, 11) is 0. The largest absolute Gasteiger partial charge is 0.370 e. The predicted molar refractivity (Wildman–Crippen MR) is 111 cm³/mol. The Balaban J connectivity index is 1.66. The zero-order chi connectivity index (χ0) is 18.6. The monoisotopic (exact) mass is 357 g/mol. The van der Waals surface area contributed by atoms with Crippen LogP contribution >= 0.6 is 0 Å². The number of nitrogens with zero attached hydrogens (tertiary/aromatic N) is 3. The third-order valence-electron chi connectivity index (χ3n) is 4.56. The summed E-state index contributed by atoms with van der Waals surface area (Å²) >= 11 is 0. The van der Waals surface area contributed by atoms with Crippen LogP contribution in [-0.2, 0) is 0 Å². The molecule has 136 valence electrons. The van der Waals surface area contributed by atoms with Crippen molar-refractivity contribution in [3.63, 3.8) is 0 Å². The minimum absolute atomic E-state index is 0.217. The summed E-state index contributed by atoms with van der Waals surface area (Å²) in [6.45, 7) is 5.15. The second-order valence-electron chi connectivity index (χ2n) is 6.53. The molecule has 3 heterocycles. The second-order valence-corrected chi connectivity index (χ2v) is 6.53. The SMILES string of the molecule is CCNC(C)Nc1cccc(-c2cnc3cc(-c4cccnc4)ccn23)c1. The Bertz CT molecular complexity index is 1040. The Labute approximate surface area is 159 Å². The Kier molecular flexibility index (Phi) is 4.85. The van der Waals surface area contributed by atoms with Gasteiger partial charge in [0.1, 0.15) is 5.65 Å². The fourth-order valence-electron chi connectivity index (χ4n) is 3.28. The van der Waals surface area contributed by atoms with E-state index in [2.05, 4.69) is 87.5 Å². The summed E-state index contributed by atoms with van der Waals surface area (Å²) in [5, 5.41) is 6.84. The van der Waals surface area contributed by atoms with Gasteiger partial charge in [-0.1, -0.05) is 25.1 Å². The molecular formula is C22H23N5. The van der Waals surface area contributed by atoms with Crippen molar-refractivity contribution >= 4 is 11.3 Å². The highest BCUT2D eigenvalue weighted by atomic mass is 15.1. The van der Waals surface area contributed by atoms with Crippen molar-refractivity contribution in [2.75, 3.05) is 11.9 Å². The molecule has 0 aliphatic heterocycles. The van der Waals surface area contributed by atoms with E-state index in [1.807, 2.05) is 18.5 Å². The van der Waals surface area contributed by atoms with Crippen LogP contribution in [0.25, 0.3) is 28.0 Å². The van der Waals surface area contributed by atoms with E-state index >= 15 is 0 Å². The second kappa shape index (κ2) is 7.60. The molecule has 2 N–H and O–H groups in total. The number of benzene rings is 1. The first kappa shape index (κ1) is 17.2. The first-order valence-electron chi connectivity index (χ1n) is 9.22. The fourth-order valence-corrected chi connectivity index (χ4v) is 3.28. The van der Waals surface area contributed by atoms with Gasteiger partial charge in [-0.05, 0) is 49.4 Å². The lowest BCUT2D eigenvalue weighted by molar-refractivity contribution is 0.625. The number of pyridine rings is 2. The van der Waals surface area contributed by atoms with Crippen molar-refractivity contribution in [3.05, 3.63) is 73.3 Å². The van der Waals surface area contributed by atoms with Gasteiger partial charge in [-0.15, -0.1) is 0 Å². The molecule has 0 fully saturated rings. The summed E-state index contributed by atoms with van der Waals surface area (Å²) in [5.41, 5.74) is 6.41. The number of hydrogen-bond donors (Lipinski definition) is 2. The van der Waals surface area contributed by atoms with Crippen molar-refractivity contribution in [3.8, 4) is 22.4 Å². The molecule has 0 spiro atoms. The topological polar surface area (TPSA) is 54.2 Å². The van der Waals surface area contributed by atoms with Crippen LogP contribution < -0.4 is 10.6 Å². The third-order valence-corrected chi connectivity index (χ3v) is 4.56. The molecule has 0 radical (unpaired) electrons. The van der Waals surface area contributed by atoms with Crippen molar-refractivity contribution in [1.29, 1.82) is 0 Å². The van der Waals surface area contributed by atoms with Crippen molar-refractivity contribution in [2.45, 2.75) is 20.0 Å². The van der Waals surface area contributed by atoms with Gasteiger partial charge in [0.05, 0.1) is 18.1 Å². The molecule has 5 heteroatoms. The van der Waals surface area contributed by atoms with Crippen LogP contribution in [0.2, 0.25) is 0 Å². The molecule has 4 rings (SSSR count). The fraction of sp³-hybridized carbons (Fsp3) is 0.182. The highest BCUT2D eigenvalue weighted by molar-refractivity contribution is 5.72. The maximum Gasteiger partial charge on any atom is 0.137 e. The first-order chi connectivity index (χ1) is 13.2. The average molecular weight is 357 g/mol. The Morgan fingerprint density at radius 2 is 1.89 bits per heavy atom. The van der Waals surface area contributed by atoms with Crippen LogP contribution in [0.4, 0.5) is 5.69 Å². The maximum absolute atomic E-state index is 4.61. The molecule has 5 nitrogen and oxygen atoms in total. The van der Waals surface area contributed by atoms with E-state index in [-0.39, 0.29) is 6.17 Å². The first-order valence-corrected chi connectivity index (χ1v) is 9.22. The zero-order valence-corrected chi connectivity index (χ0v) is 15.6. The minimum Gasteiger partial charge on any atom is -0.370 e.